The third-order valence-electron chi connectivity index (χ3n) is 5.73. The van der Waals surface area contributed by atoms with E-state index in [-0.39, 0.29) is 16.4 Å². The van der Waals surface area contributed by atoms with Crippen LogP contribution in [0.4, 0.5) is 5.69 Å². The van der Waals surface area contributed by atoms with Gasteiger partial charge >= 0.3 is 0 Å². The minimum Gasteiger partial charge on any atom is -0.325 e. The molecule has 1 aliphatic rings. The molecule has 0 bridgehead atoms. The molecule has 1 heterocycles. The summed E-state index contributed by atoms with van der Waals surface area (Å²) in [7, 11) is 0. The molecule has 0 unspecified atom stereocenters. The summed E-state index contributed by atoms with van der Waals surface area (Å²) >= 11 is 1.14. The number of para-hydroxylation sites is 1. The summed E-state index contributed by atoms with van der Waals surface area (Å²) in [4.78, 5) is 30.8. The van der Waals surface area contributed by atoms with Crippen molar-refractivity contribution in [2.45, 2.75) is 63.7 Å². The number of hydrogen-bond donors (Lipinski definition) is 1. The van der Waals surface area contributed by atoms with Gasteiger partial charge in [-0.05, 0) is 67.6 Å². The molecule has 29 heavy (non-hydrogen) atoms. The molecule has 0 aliphatic heterocycles. The quantitative estimate of drug-likeness (QED) is 0.541. The third kappa shape index (κ3) is 5.69. The van der Waals surface area contributed by atoms with Crippen molar-refractivity contribution in [3.05, 3.63) is 54.4 Å². The van der Waals surface area contributed by atoms with Gasteiger partial charge in [0.1, 0.15) is 0 Å². The number of thioether (sulfide) groups is 1. The van der Waals surface area contributed by atoms with Crippen LogP contribution in [0.25, 0.3) is 0 Å². The van der Waals surface area contributed by atoms with Crippen LogP contribution in [0.5, 0.6) is 0 Å². The van der Waals surface area contributed by atoms with E-state index in [1.54, 1.807) is 24.5 Å². The van der Waals surface area contributed by atoms with Crippen LogP contribution in [0.15, 0.2) is 53.7 Å². The van der Waals surface area contributed by atoms with Gasteiger partial charge in [0.2, 0.25) is 11.0 Å². The number of pyridine rings is 1. The number of nitrogens with zero attached hydrogens (tertiary/aromatic N) is 1. The van der Waals surface area contributed by atoms with Crippen molar-refractivity contribution >= 4 is 28.5 Å². The molecule has 1 saturated carbocycles. The van der Waals surface area contributed by atoms with Gasteiger partial charge in [-0.25, -0.2) is 0 Å². The highest BCUT2D eigenvalue weighted by Crippen LogP contribution is 2.42. The first-order valence-electron chi connectivity index (χ1n) is 10.5. The number of anilines is 1. The largest absolute Gasteiger partial charge is 0.325 e. The van der Waals surface area contributed by atoms with E-state index < -0.39 is 0 Å². The van der Waals surface area contributed by atoms with Crippen molar-refractivity contribution < 1.29 is 9.59 Å². The molecule has 0 atom stereocenters. The molecule has 0 saturated heterocycles. The van der Waals surface area contributed by atoms with Gasteiger partial charge in [0, 0.05) is 28.3 Å². The van der Waals surface area contributed by atoms with Crippen molar-refractivity contribution in [1.82, 2.24) is 4.98 Å². The van der Waals surface area contributed by atoms with Gasteiger partial charge < -0.3 is 5.32 Å². The lowest BCUT2D eigenvalue weighted by molar-refractivity contribution is -0.128. The van der Waals surface area contributed by atoms with E-state index in [1.165, 1.54) is 6.42 Å². The van der Waals surface area contributed by atoms with Crippen LogP contribution in [-0.4, -0.2) is 16.0 Å². The first-order valence-corrected chi connectivity index (χ1v) is 11.3. The Labute approximate surface area is 177 Å². The molecule has 1 amide bonds. The predicted molar refractivity (Wildman–Crippen MR) is 119 cm³/mol. The Hall–Kier alpha value is -2.14. The SMILES string of the molecule is CC(C)CCC1(C(=O)Nc2ccccc2SC(=O)c2cccnc2)CCCCC1. The molecule has 1 aromatic carbocycles. The number of hydrogen-bond acceptors (Lipinski definition) is 4. The highest BCUT2D eigenvalue weighted by Gasteiger charge is 2.39. The average Bonchev–Trinajstić information content (AvgIpc) is 2.75. The summed E-state index contributed by atoms with van der Waals surface area (Å²) in [5.74, 6) is 0.696. The van der Waals surface area contributed by atoms with Crippen molar-refractivity contribution in [3.63, 3.8) is 0 Å². The Balaban J connectivity index is 1.76. The fourth-order valence-electron chi connectivity index (χ4n) is 3.94. The number of amides is 1. The first-order chi connectivity index (χ1) is 14.0. The van der Waals surface area contributed by atoms with E-state index in [0.29, 0.717) is 17.2 Å². The zero-order valence-electron chi connectivity index (χ0n) is 17.3. The molecule has 5 heteroatoms. The van der Waals surface area contributed by atoms with Crippen LogP contribution < -0.4 is 5.32 Å². The van der Waals surface area contributed by atoms with E-state index >= 15 is 0 Å². The van der Waals surface area contributed by atoms with Crippen LogP contribution in [0.1, 0.15) is 69.2 Å². The summed E-state index contributed by atoms with van der Waals surface area (Å²) in [6.07, 6.45) is 10.6. The van der Waals surface area contributed by atoms with Crippen molar-refractivity contribution in [1.29, 1.82) is 0 Å². The van der Waals surface area contributed by atoms with Gasteiger partial charge in [-0.1, -0.05) is 45.2 Å². The van der Waals surface area contributed by atoms with Crippen molar-refractivity contribution in [3.8, 4) is 0 Å². The topological polar surface area (TPSA) is 59.1 Å². The maximum atomic E-state index is 13.4. The molecule has 154 valence electrons. The zero-order valence-corrected chi connectivity index (χ0v) is 18.1. The molecule has 4 nitrogen and oxygen atoms in total. The molecule has 0 radical (unpaired) electrons. The Bertz CT molecular complexity index is 830. The second-order valence-electron chi connectivity index (χ2n) is 8.36. The second kappa shape index (κ2) is 10.1. The minimum atomic E-state index is -0.284. The number of benzene rings is 1. The van der Waals surface area contributed by atoms with Crippen LogP contribution in [-0.2, 0) is 4.79 Å². The summed E-state index contributed by atoms with van der Waals surface area (Å²) in [6, 6.07) is 11.1. The van der Waals surface area contributed by atoms with E-state index in [4.69, 9.17) is 0 Å². The second-order valence-corrected chi connectivity index (χ2v) is 9.37. The molecule has 1 aliphatic carbocycles. The van der Waals surface area contributed by atoms with E-state index in [1.807, 2.05) is 24.3 Å². The molecule has 2 aromatic rings. The highest BCUT2D eigenvalue weighted by molar-refractivity contribution is 8.14. The number of carbonyl (C=O) groups is 2. The predicted octanol–water partition coefficient (Wildman–Crippen LogP) is 6.34. The molecule has 3 rings (SSSR count). The normalized spacial score (nSPS) is 15.8. The van der Waals surface area contributed by atoms with Crippen molar-refractivity contribution in [2.75, 3.05) is 5.32 Å². The number of aromatic nitrogens is 1. The van der Waals surface area contributed by atoms with Crippen LogP contribution in [0, 0.1) is 11.3 Å². The number of nitrogens with one attached hydrogen (secondary N) is 1. The Kier molecular flexibility index (Phi) is 7.48. The standard InChI is InChI=1S/C24H30N2O2S/c1-18(2)12-15-24(13-6-3-7-14-24)23(28)26-20-10-4-5-11-21(20)29-22(27)19-9-8-16-25-17-19/h4-5,8-11,16-18H,3,6-7,12-15H2,1-2H3,(H,26,28). The molecule has 1 fully saturated rings. The van der Waals surface area contributed by atoms with Crippen LogP contribution >= 0.6 is 11.8 Å². The van der Waals surface area contributed by atoms with E-state index in [9.17, 15) is 9.59 Å². The summed E-state index contributed by atoms with van der Waals surface area (Å²) < 4.78 is 0. The number of rotatable bonds is 7. The average molecular weight is 411 g/mol. The lowest BCUT2D eigenvalue weighted by Gasteiger charge is -2.36. The fraction of sp³-hybridized carbons (Fsp3) is 0.458. The maximum Gasteiger partial charge on any atom is 0.230 e. The van der Waals surface area contributed by atoms with Gasteiger partial charge in [-0.2, -0.15) is 0 Å². The highest BCUT2D eigenvalue weighted by atomic mass is 32.2. The lowest BCUT2D eigenvalue weighted by atomic mass is 9.69. The summed E-state index contributed by atoms with van der Waals surface area (Å²) in [5, 5.41) is 3.10. The molecule has 1 aromatic heterocycles. The van der Waals surface area contributed by atoms with Gasteiger partial charge in [-0.3, -0.25) is 14.6 Å². The zero-order chi connectivity index (χ0) is 20.7. The number of carbonyl (C=O) groups excluding carboxylic acids is 2. The van der Waals surface area contributed by atoms with Gasteiger partial charge in [0.25, 0.3) is 0 Å². The molecular weight excluding hydrogens is 380 g/mol. The van der Waals surface area contributed by atoms with Crippen molar-refractivity contribution in [2.24, 2.45) is 11.3 Å². The minimum absolute atomic E-state index is 0.0769. The third-order valence-corrected chi connectivity index (χ3v) is 6.72. The lowest BCUT2D eigenvalue weighted by Crippen LogP contribution is -2.38. The first kappa shape index (κ1) is 21.6. The fourth-order valence-corrected chi connectivity index (χ4v) is 4.75. The van der Waals surface area contributed by atoms with Gasteiger partial charge in [0.05, 0.1) is 5.69 Å². The summed E-state index contributed by atoms with van der Waals surface area (Å²) in [6.45, 7) is 4.43. The Morgan fingerprint density at radius 1 is 1.10 bits per heavy atom. The van der Waals surface area contributed by atoms with Gasteiger partial charge in [0.15, 0.2) is 0 Å². The Morgan fingerprint density at radius 2 is 1.86 bits per heavy atom. The monoisotopic (exact) mass is 410 g/mol. The van der Waals surface area contributed by atoms with Gasteiger partial charge in [-0.15, -0.1) is 0 Å². The summed E-state index contributed by atoms with van der Waals surface area (Å²) in [5.41, 5.74) is 0.988. The van der Waals surface area contributed by atoms with E-state index in [2.05, 4.69) is 24.1 Å². The molecule has 1 N–H and O–H groups in total. The molecule has 0 spiro atoms. The van der Waals surface area contributed by atoms with Crippen LogP contribution in [0.2, 0.25) is 0 Å². The van der Waals surface area contributed by atoms with Crippen LogP contribution in [0.3, 0.4) is 0 Å². The van der Waals surface area contributed by atoms with E-state index in [0.717, 1.165) is 55.2 Å². The smallest absolute Gasteiger partial charge is 0.230 e. The maximum absolute atomic E-state index is 13.4. The Morgan fingerprint density at radius 3 is 2.55 bits per heavy atom. The molecular formula is C24H30N2O2S.